The third kappa shape index (κ3) is 4.88. The second kappa shape index (κ2) is 7.99. The Morgan fingerprint density at radius 1 is 1.09 bits per heavy atom. The minimum atomic E-state index is -0.162. The van der Waals surface area contributed by atoms with Gasteiger partial charge in [0, 0.05) is 16.7 Å². The maximum atomic E-state index is 12.0. The predicted octanol–water partition coefficient (Wildman–Crippen LogP) is 4.94. The van der Waals surface area contributed by atoms with Crippen LogP contribution in [0.5, 0.6) is 0 Å². The molecule has 2 aromatic carbocycles. The van der Waals surface area contributed by atoms with Gasteiger partial charge in [0.25, 0.3) is 0 Å². The molecule has 2 N–H and O–H groups in total. The maximum absolute atomic E-state index is 12.0. The van der Waals surface area contributed by atoms with Crippen molar-refractivity contribution in [2.45, 2.75) is 26.2 Å². The van der Waals surface area contributed by atoms with Crippen molar-refractivity contribution >= 4 is 27.6 Å². The number of amides is 2. The van der Waals surface area contributed by atoms with Crippen LogP contribution in [-0.2, 0) is 6.42 Å². The van der Waals surface area contributed by atoms with Crippen molar-refractivity contribution < 1.29 is 4.79 Å². The SMILES string of the molecule is CC(C)c1ccccc1NC(=O)NCCc1ccc(Br)cc1. The fourth-order valence-corrected chi connectivity index (χ4v) is 2.52. The van der Waals surface area contributed by atoms with Crippen molar-refractivity contribution in [3.63, 3.8) is 0 Å². The Labute approximate surface area is 140 Å². The molecule has 116 valence electrons. The Kier molecular flexibility index (Phi) is 6.01. The highest BCUT2D eigenvalue weighted by Crippen LogP contribution is 2.23. The number of rotatable bonds is 5. The minimum Gasteiger partial charge on any atom is -0.338 e. The molecule has 0 bridgehead atoms. The summed E-state index contributed by atoms with van der Waals surface area (Å²) in [5.41, 5.74) is 3.22. The van der Waals surface area contributed by atoms with E-state index in [0.29, 0.717) is 12.5 Å². The maximum Gasteiger partial charge on any atom is 0.319 e. The highest BCUT2D eigenvalue weighted by atomic mass is 79.9. The molecule has 4 heteroatoms. The van der Waals surface area contributed by atoms with Crippen LogP contribution in [0.3, 0.4) is 0 Å². The lowest BCUT2D eigenvalue weighted by atomic mass is 10.0. The molecule has 0 spiro atoms. The summed E-state index contributed by atoms with van der Waals surface area (Å²) < 4.78 is 1.06. The number of halogens is 1. The molecule has 0 atom stereocenters. The molecule has 0 fully saturated rings. The number of nitrogens with one attached hydrogen (secondary N) is 2. The Morgan fingerprint density at radius 2 is 1.77 bits per heavy atom. The molecular weight excluding hydrogens is 340 g/mol. The van der Waals surface area contributed by atoms with Gasteiger partial charge in [-0.3, -0.25) is 0 Å². The Bertz CT molecular complexity index is 623. The lowest BCUT2D eigenvalue weighted by Crippen LogP contribution is -2.30. The van der Waals surface area contributed by atoms with E-state index in [2.05, 4.69) is 52.5 Å². The van der Waals surface area contributed by atoms with Gasteiger partial charge in [-0.25, -0.2) is 4.79 Å². The molecule has 0 radical (unpaired) electrons. The zero-order chi connectivity index (χ0) is 15.9. The van der Waals surface area contributed by atoms with Crippen LogP contribution in [0.25, 0.3) is 0 Å². The van der Waals surface area contributed by atoms with E-state index in [1.54, 1.807) is 0 Å². The molecule has 0 aliphatic rings. The zero-order valence-corrected chi connectivity index (χ0v) is 14.5. The highest BCUT2D eigenvalue weighted by molar-refractivity contribution is 9.10. The molecule has 22 heavy (non-hydrogen) atoms. The van der Waals surface area contributed by atoms with Gasteiger partial charge in [0.2, 0.25) is 0 Å². The summed E-state index contributed by atoms with van der Waals surface area (Å²) in [6.45, 7) is 4.84. The number of carbonyl (C=O) groups is 1. The van der Waals surface area contributed by atoms with Crippen LogP contribution >= 0.6 is 15.9 Å². The topological polar surface area (TPSA) is 41.1 Å². The van der Waals surface area contributed by atoms with Gasteiger partial charge in [0.05, 0.1) is 0 Å². The van der Waals surface area contributed by atoms with Crippen LogP contribution in [0.2, 0.25) is 0 Å². The van der Waals surface area contributed by atoms with Gasteiger partial charge in [0.15, 0.2) is 0 Å². The Balaban J connectivity index is 1.84. The lowest BCUT2D eigenvalue weighted by Gasteiger charge is -2.14. The first kappa shape index (κ1) is 16.6. The van der Waals surface area contributed by atoms with Crippen LogP contribution in [-0.4, -0.2) is 12.6 Å². The van der Waals surface area contributed by atoms with Gasteiger partial charge < -0.3 is 10.6 Å². The summed E-state index contributed by atoms with van der Waals surface area (Å²) in [6, 6.07) is 15.9. The van der Waals surface area contributed by atoms with Gasteiger partial charge in [-0.15, -0.1) is 0 Å². The van der Waals surface area contributed by atoms with Crippen molar-refractivity contribution in [3.05, 3.63) is 64.1 Å². The first-order valence-electron chi connectivity index (χ1n) is 7.44. The van der Waals surface area contributed by atoms with Gasteiger partial charge >= 0.3 is 6.03 Å². The molecule has 0 heterocycles. The average molecular weight is 361 g/mol. The summed E-state index contributed by atoms with van der Waals surface area (Å²) in [5, 5.41) is 5.83. The molecule has 0 aliphatic heterocycles. The van der Waals surface area contributed by atoms with Crippen molar-refractivity contribution in [3.8, 4) is 0 Å². The predicted molar refractivity (Wildman–Crippen MR) is 95.4 cm³/mol. The molecule has 0 aliphatic carbocycles. The summed E-state index contributed by atoms with van der Waals surface area (Å²) in [5.74, 6) is 0.374. The molecular formula is C18H21BrN2O. The van der Waals surface area contributed by atoms with E-state index in [9.17, 15) is 4.79 Å². The second-order valence-electron chi connectivity index (χ2n) is 5.50. The smallest absolute Gasteiger partial charge is 0.319 e. The van der Waals surface area contributed by atoms with E-state index in [4.69, 9.17) is 0 Å². The molecule has 2 aromatic rings. The van der Waals surface area contributed by atoms with Crippen molar-refractivity contribution in [1.29, 1.82) is 0 Å². The molecule has 0 saturated carbocycles. The first-order chi connectivity index (χ1) is 10.6. The van der Waals surface area contributed by atoms with E-state index >= 15 is 0 Å². The van der Waals surface area contributed by atoms with Crippen LogP contribution in [0.1, 0.15) is 30.9 Å². The minimum absolute atomic E-state index is 0.162. The van der Waals surface area contributed by atoms with Gasteiger partial charge in [0.1, 0.15) is 0 Å². The van der Waals surface area contributed by atoms with E-state index in [-0.39, 0.29) is 6.03 Å². The third-order valence-electron chi connectivity index (χ3n) is 3.44. The Hall–Kier alpha value is -1.81. The largest absolute Gasteiger partial charge is 0.338 e. The standard InChI is InChI=1S/C18H21BrN2O/c1-13(2)16-5-3-4-6-17(16)21-18(22)20-12-11-14-7-9-15(19)10-8-14/h3-10,13H,11-12H2,1-2H3,(H2,20,21,22). The Morgan fingerprint density at radius 3 is 2.45 bits per heavy atom. The number of hydrogen-bond donors (Lipinski definition) is 2. The monoisotopic (exact) mass is 360 g/mol. The molecule has 0 aromatic heterocycles. The van der Waals surface area contributed by atoms with E-state index in [1.807, 2.05) is 36.4 Å². The van der Waals surface area contributed by atoms with Crippen LogP contribution < -0.4 is 10.6 Å². The number of carbonyl (C=O) groups excluding carboxylic acids is 1. The van der Waals surface area contributed by atoms with Crippen LogP contribution in [0.4, 0.5) is 10.5 Å². The number of anilines is 1. The summed E-state index contributed by atoms with van der Waals surface area (Å²) in [7, 11) is 0. The van der Waals surface area contributed by atoms with Crippen molar-refractivity contribution in [2.24, 2.45) is 0 Å². The number of urea groups is 1. The van der Waals surface area contributed by atoms with Crippen LogP contribution in [0.15, 0.2) is 53.0 Å². The first-order valence-corrected chi connectivity index (χ1v) is 8.24. The van der Waals surface area contributed by atoms with E-state index in [0.717, 1.165) is 22.1 Å². The van der Waals surface area contributed by atoms with Crippen molar-refractivity contribution in [1.82, 2.24) is 5.32 Å². The van der Waals surface area contributed by atoms with Crippen molar-refractivity contribution in [2.75, 3.05) is 11.9 Å². The summed E-state index contributed by atoms with van der Waals surface area (Å²) in [4.78, 5) is 12.0. The summed E-state index contributed by atoms with van der Waals surface area (Å²) >= 11 is 3.41. The normalized spacial score (nSPS) is 10.5. The number of benzene rings is 2. The van der Waals surface area contributed by atoms with E-state index in [1.165, 1.54) is 5.56 Å². The van der Waals surface area contributed by atoms with E-state index < -0.39 is 0 Å². The fourth-order valence-electron chi connectivity index (χ4n) is 2.25. The lowest BCUT2D eigenvalue weighted by molar-refractivity contribution is 0.252. The number of para-hydroxylation sites is 1. The fraction of sp³-hybridized carbons (Fsp3) is 0.278. The third-order valence-corrected chi connectivity index (χ3v) is 3.97. The van der Waals surface area contributed by atoms with Gasteiger partial charge in [-0.2, -0.15) is 0 Å². The highest BCUT2D eigenvalue weighted by Gasteiger charge is 2.08. The molecule has 0 unspecified atom stereocenters. The van der Waals surface area contributed by atoms with Crippen LogP contribution in [0, 0.1) is 0 Å². The average Bonchev–Trinajstić information content (AvgIpc) is 2.49. The molecule has 2 amide bonds. The molecule has 3 nitrogen and oxygen atoms in total. The summed E-state index contributed by atoms with van der Waals surface area (Å²) in [6.07, 6.45) is 0.812. The number of hydrogen-bond acceptors (Lipinski definition) is 1. The zero-order valence-electron chi connectivity index (χ0n) is 12.9. The van der Waals surface area contributed by atoms with Gasteiger partial charge in [-0.1, -0.05) is 60.1 Å². The molecule has 2 rings (SSSR count). The quantitative estimate of drug-likeness (QED) is 0.778. The second-order valence-corrected chi connectivity index (χ2v) is 6.41. The molecule has 0 saturated heterocycles. The van der Waals surface area contributed by atoms with Gasteiger partial charge in [-0.05, 0) is 41.7 Å².